The first kappa shape index (κ1) is 18.5. The maximum absolute atomic E-state index is 14.3. The smallest absolute Gasteiger partial charge is 0.246 e. The van der Waals surface area contributed by atoms with Gasteiger partial charge in [0, 0.05) is 23.2 Å². The molecule has 0 aliphatic carbocycles. The minimum atomic E-state index is -0.665. The van der Waals surface area contributed by atoms with Gasteiger partial charge in [0.2, 0.25) is 11.8 Å². The Morgan fingerprint density at radius 1 is 1.19 bits per heavy atom. The lowest BCUT2D eigenvalue weighted by Gasteiger charge is -2.22. The second-order valence-electron chi connectivity index (χ2n) is 5.82. The molecule has 0 saturated carbocycles. The molecule has 5 nitrogen and oxygen atoms in total. The predicted octanol–water partition coefficient (Wildman–Crippen LogP) is 4.53. The van der Waals surface area contributed by atoms with E-state index in [0.29, 0.717) is 24.3 Å². The van der Waals surface area contributed by atoms with Crippen molar-refractivity contribution < 1.29 is 18.7 Å². The molecule has 2 N–H and O–H groups in total. The molecule has 1 heterocycles. The molecular formula is C18H15Cl2FN2O3. The predicted molar refractivity (Wildman–Crippen MR) is 97.3 cm³/mol. The molecule has 2 amide bonds. The van der Waals surface area contributed by atoms with Gasteiger partial charge in [-0.1, -0.05) is 23.2 Å². The van der Waals surface area contributed by atoms with Crippen LogP contribution in [0.15, 0.2) is 36.4 Å². The largest absolute Gasteiger partial charge is 0.453 e. The van der Waals surface area contributed by atoms with Crippen LogP contribution >= 0.6 is 23.2 Å². The van der Waals surface area contributed by atoms with Gasteiger partial charge >= 0.3 is 0 Å². The van der Waals surface area contributed by atoms with Crippen LogP contribution in [0.25, 0.3) is 0 Å². The molecule has 1 atom stereocenters. The van der Waals surface area contributed by atoms with Gasteiger partial charge in [-0.2, -0.15) is 0 Å². The third-order valence-corrected chi connectivity index (χ3v) is 4.39. The molecule has 8 heteroatoms. The van der Waals surface area contributed by atoms with Crippen LogP contribution in [-0.4, -0.2) is 17.9 Å². The summed E-state index contributed by atoms with van der Waals surface area (Å²) >= 11 is 11.8. The molecule has 26 heavy (non-hydrogen) atoms. The van der Waals surface area contributed by atoms with Gasteiger partial charge in [-0.25, -0.2) is 4.39 Å². The van der Waals surface area contributed by atoms with Crippen molar-refractivity contribution in [2.24, 2.45) is 0 Å². The standard InChI is InChI=1S/C18H15Cl2FN2O3/c19-10-4-6-15(12(20)8-10)26-16-7-5-11(9-13(16)21)22-18(25)14-2-1-3-17(24)23-14/h4-9,14H,1-3H2,(H,22,25)(H,23,24)/t14-/m1/s1. The van der Waals surface area contributed by atoms with Crippen molar-refractivity contribution in [3.63, 3.8) is 0 Å². The number of ether oxygens (including phenoxy) is 1. The summed E-state index contributed by atoms with van der Waals surface area (Å²) in [6, 6.07) is 8.02. The zero-order valence-corrected chi connectivity index (χ0v) is 15.0. The number of amides is 2. The zero-order valence-electron chi connectivity index (χ0n) is 13.5. The summed E-state index contributed by atoms with van der Waals surface area (Å²) in [7, 11) is 0. The van der Waals surface area contributed by atoms with Crippen molar-refractivity contribution in [3.8, 4) is 11.5 Å². The zero-order chi connectivity index (χ0) is 18.7. The highest BCUT2D eigenvalue weighted by Crippen LogP contribution is 2.33. The molecule has 2 aromatic rings. The highest BCUT2D eigenvalue weighted by Gasteiger charge is 2.24. The summed E-state index contributed by atoms with van der Waals surface area (Å²) in [5.74, 6) is -0.991. The fourth-order valence-corrected chi connectivity index (χ4v) is 3.02. The molecule has 1 aliphatic rings. The van der Waals surface area contributed by atoms with E-state index < -0.39 is 11.9 Å². The molecule has 1 fully saturated rings. The average Bonchev–Trinajstić information content (AvgIpc) is 2.59. The Kier molecular flexibility index (Phi) is 5.64. The van der Waals surface area contributed by atoms with Crippen molar-refractivity contribution in [3.05, 3.63) is 52.3 Å². The van der Waals surface area contributed by atoms with Crippen LogP contribution in [0.2, 0.25) is 10.0 Å². The van der Waals surface area contributed by atoms with Crippen LogP contribution in [0.5, 0.6) is 11.5 Å². The van der Waals surface area contributed by atoms with Crippen LogP contribution in [0.4, 0.5) is 10.1 Å². The average molecular weight is 397 g/mol. The summed E-state index contributed by atoms with van der Waals surface area (Å²) in [5, 5.41) is 5.89. The molecule has 2 aromatic carbocycles. The number of halogens is 3. The van der Waals surface area contributed by atoms with E-state index in [4.69, 9.17) is 27.9 Å². The highest BCUT2D eigenvalue weighted by atomic mass is 35.5. The number of hydrogen-bond acceptors (Lipinski definition) is 3. The number of carbonyl (C=O) groups excluding carboxylic acids is 2. The molecule has 0 spiro atoms. The van der Waals surface area contributed by atoms with Crippen LogP contribution in [0.1, 0.15) is 19.3 Å². The lowest BCUT2D eigenvalue weighted by atomic mass is 10.0. The summed E-state index contributed by atoms with van der Waals surface area (Å²) in [5.41, 5.74) is 0.266. The second kappa shape index (κ2) is 7.93. The second-order valence-corrected chi connectivity index (χ2v) is 6.67. The summed E-state index contributed by atoms with van der Waals surface area (Å²) in [6.45, 7) is 0. The Hall–Kier alpha value is -2.31. The molecule has 136 valence electrons. The van der Waals surface area contributed by atoms with E-state index in [9.17, 15) is 14.0 Å². The maximum Gasteiger partial charge on any atom is 0.246 e. The third-order valence-electron chi connectivity index (χ3n) is 3.86. The Labute approximate surface area is 159 Å². The van der Waals surface area contributed by atoms with Gasteiger partial charge in [-0.15, -0.1) is 0 Å². The monoisotopic (exact) mass is 396 g/mol. The van der Waals surface area contributed by atoms with E-state index in [1.54, 1.807) is 6.07 Å². The van der Waals surface area contributed by atoms with Gasteiger partial charge in [0.05, 0.1) is 5.02 Å². The van der Waals surface area contributed by atoms with Crippen LogP contribution in [-0.2, 0) is 9.59 Å². The van der Waals surface area contributed by atoms with Gasteiger partial charge in [0.1, 0.15) is 11.8 Å². The number of hydrogen-bond donors (Lipinski definition) is 2. The Balaban J connectivity index is 1.69. The first-order valence-electron chi connectivity index (χ1n) is 7.95. The lowest BCUT2D eigenvalue weighted by Crippen LogP contribution is -2.46. The number of benzene rings is 2. The lowest BCUT2D eigenvalue weighted by molar-refractivity contribution is -0.128. The van der Waals surface area contributed by atoms with Crippen molar-refractivity contribution in [1.82, 2.24) is 5.32 Å². The number of anilines is 1. The molecule has 1 aliphatic heterocycles. The maximum atomic E-state index is 14.3. The first-order chi connectivity index (χ1) is 12.4. The van der Waals surface area contributed by atoms with Crippen LogP contribution < -0.4 is 15.4 Å². The molecule has 3 rings (SSSR count). The normalized spacial score (nSPS) is 16.7. The van der Waals surface area contributed by atoms with Gasteiger partial charge in [0.25, 0.3) is 0 Å². The summed E-state index contributed by atoms with van der Waals surface area (Å²) in [4.78, 5) is 23.5. The van der Waals surface area contributed by atoms with E-state index >= 15 is 0 Å². The van der Waals surface area contributed by atoms with Gasteiger partial charge in [0.15, 0.2) is 11.6 Å². The van der Waals surface area contributed by atoms with E-state index in [-0.39, 0.29) is 34.0 Å². The summed E-state index contributed by atoms with van der Waals surface area (Å²) < 4.78 is 19.7. The van der Waals surface area contributed by atoms with Crippen LogP contribution in [0, 0.1) is 5.82 Å². The number of piperidine rings is 1. The van der Waals surface area contributed by atoms with Crippen molar-refractivity contribution >= 4 is 40.7 Å². The molecule has 0 aromatic heterocycles. The fraction of sp³-hybridized carbons (Fsp3) is 0.222. The first-order valence-corrected chi connectivity index (χ1v) is 8.70. The topological polar surface area (TPSA) is 67.4 Å². The van der Waals surface area contributed by atoms with Gasteiger partial charge in [-0.05, 0) is 43.2 Å². The number of nitrogens with one attached hydrogen (secondary N) is 2. The number of rotatable bonds is 4. The van der Waals surface area contributed by atoms with Gasteiger partial charge < -0.3 is 15.4 Å². The minimum absolute atomic E-state index is 0.0433. The van der Waals surface area contributed by atoms with Crippen molar-refractivity contribution in [2.75, 3.05) is 5.32 Å². The van der Waals surface area contributed by atoms with E-state index in [1.807, 2.05) is 0 Å². The minimum Gasteiger partial charge on any atom is -0.453 e. The highest BCUT2D eigenvalue weighted by molar-refractivity contribution is 6.35. The van der Waals surface area contributed by atoms with E-state index in [0.717, 1.165) is 6.07 Å². The van der Waals surface area contributed by atoms with E-state index in [1.165, 1.54) is 24.3 Å². The van der Waals surface area contributed by atoms with E-state index in [2.05, 4.69) is 10.6 Å². The fourth-order valence-electron chi connectivity index (χ4n) is 2.57. The molecule has 0 radical (unpaired) electrons. The Morgan fingerprint density at radius 2 is 1.96 bits per heavy atom. The summed E-state index contributed by atoms with van der Waals surface area (Å²) in [6.07, 6.45) is 1.61. The quantitative estimate of drug-likeness (QED) is 0.797. The Bertz CT molecular complexity index is 860. The van der Waals surface area contributed by atoms with Crippen molar-refractivity contribution in [1.29, 1.82) is 0 Å². The van der Waals surface area contributed by atoms with Gasteiger partial charge in [-0.3, -0.25) is 9.59 Å². The third kappa shape index (κ3) is 4.45. The van der Waals surface area contributed by atoms with Crippen LogP contribution in [0.3, 0.4) is 0 Å². The Morgan fingerprint density at radius 3 is 2.65 bits per heavy atom. The molecule has 0 bridgehead atoms. The molecular weight excluding hydrogens is 382 g/mol. The SMILES string of the molecule is O=C1CCC[C@H](C(=O)Nc2ccc(Oc3ccc(Cl)cc3Cl)c(F)c2)N1. The number of carbonyl (C=O) groups is 2. The molecule has 1 saturated heterocycles. The molecule has 0 unspecified atom stereocenters. The van der Waals surface area contributed by atoms with Crippen molar-refractivity contribution in [2.45, 2.75) is 25.3 Å².